The number of aliphatic hydroxyl groups is 1. The quantitative estimate of drug-likeness (QED) is 0.0240. The number of aliphatic hydroxyl groups excluding tert-OH is 1. The van der Waals surface area contributed by atoms with Crippen molar-refractivity contribution in [3.05, 3.63) is 12.2 Å². The molecule has 0 saturated heterocycles. The molecule has 10 heteroatoms. The minimum Gasteiger partial charge on any atom is -0.463 e. The molecule has 0 saturated carbocycles. The Hall–Kier alpha value is -1.25. The summed E-state index contributed by atoms with van der Waals surface area (Å²) < 4.78 is 26.8. The highest BCUT2D eigenvalue weighted by Gasteiger charge is 2.23. The van der Waals surface area contributed by atoms with Gasteiger partial charge in [-0.1, -0.05) is 199 Å². The van der Waals surface area contributed by atoms with Gasteiger partial charge >= 0.3 is 13.8 Å². The molecule has 0 aromatic heterocycles. The third kappa shape index (κ3) is 43.7. The largest absolute Gasteiger partial charge is 0.472 e. The minimum atomic E-state index is -4.41. The number of esters is 1. The zero-order valence-electron chi connectivity index (χ0n) is 35.9. The van der Waals surface area contributed by atoms with Crippen molar-refractivity contribution in [1.82, 2.24) is 5.32 Å². The molecule has 3 N–H and O–H groups in total. The molecule has 0 aromatic carbocycles. The molecular formula is C45H88NO8P. The zero-order chi connectivity index (χ0) is 40.3. The molecule has 0 spiro atoms. The highest BCUT2D eigenvalue weighted by Crippen LogP contribution is 2.42. The third-order valence-corrected chi connectivity index (χ3v) is 11.2. The average Bonchev–Trinajstić information content (AvgIpc) is 3.17. The van der Waals surface area contributed by atoms with E-state index >= 15 is 0 Å². The van der Waals surface area contributed by atoms with Crippen LogP contribution in [0.2, 0.25) is 0 Å². The van der Waals surface area contributed by atoms with Gasteiger partial charge in [0.2, 0.25) is 5.91 Å². The summed E-state index contributed by atoms with van der Waals surface area (Å²) in [5.41, 5.74) is 0. The van der Waals surface area contributed by atoms with E-state index < -0.39 is 26.5 Å². The first-order valence-electron chi connectivity index (χ1n) is 23.2. The number of nitrogens with one attached hydrogen (secondary N) is 1. The van der Waals surface area contributed by atoms with Crippen molar-refractivity contribution in [2.45, 2.75) is 238 Å². The number of rotatable bonds is 44. The lowest BCUT2D eigenvalue weighted by Gasteiger charge is -2.15. The fraction of sp³-hybridized carbons (Fsp3) is 0.911. The summed E-state index contributed by atoms with van der Waals surface area (Å²) in [5.74, 6) is -0.517. The van der Waals surface area contributed by atoms with Gasteiger partial charge in [-0.25, -0.2) is 4.57 Å². The molecule has 0 aliphatic carbocycles. The zero-order valence-corrected chi connectivity index (χ0v) is 36.8. The van der Waals surface area contributed by atoms with Gasteiger partial charge in [-0.15, -0.1) is 0 Å². The first-order chi connectivity index (χ1) is 26.8. The Labute approximate surface area is 338 Å². The average molecular weight is 802 g/mol. The summed E-state index contributed by atoms with van der Waals surface area (Å²) in [5, 5.41) is 12.7. The summed E-state index contributed by atoms with van der Waals surface area (Å²) in [6, 6.07) is 0. The van der Waals surface area contributed by atoms with Crippen LogP contribution in [0.5, 0.6) is 0 Å². The number of phosphoric acid groups is 1. The van der Waals surface area contributed by atoms with Crippen LogP contribution in [-0.4, -0.2) is 54.3 Å². The van der Waals surface area contributed by atoms with E-state index in [1.807, 2.05) is 0 Å². The van der Waals surface area contributed by atoms with Crippen LogP contribution < -0.4 is 5.32 Å². The van der Waals surface area contributed by atoms with Gasteiger partial charge in [-0.2, -0.15) is 0 Å². The molecule has 0 radical (unpaired) electrons. The first kappa shape index (κ1) is 53.8. The predicted molar refractivity (Wildman–Crippen MR) is 229 cm³/mol. The summed E-state index contributed by atoms with van der Waals surface area (Å²) in [6.07, 6.45) is 44.5. The molecule has 0 heterocycles. The summed E-state index contributed by atoms with van der Waals surface area (Å²) in [7, 11) is -4.41. The van der Waals surface area contributed by atoms with E-state index in [9.17, 15) is 24.2 Å². The molecule has 0 aromatic rings. The molecule has 2 atom stereocenters. The Balaban J connectivity index is 3.50. The molecule has 1 amide bonds. The summed E-state index contributed by atoms with van der Waals surface area (Å²) >= 11 is 0. The molecule has 326 valence electrons. The normalized spacial score (nSPS) is 13.3. The van der Waals surface area contributed by atoms with Crippen LogP contribution in [0.25, 0.3) is 0 Å². The summed E-state index contributed by atoms with van der Waals surface area (Å²) in [4.78, 5) is 33.9. The molecule has 0 rings (SSSR count). The SMILES string of the molecule is CCCC/C=C\CCCCCCCC(=O)OCC(O)COP(=O)(O)OCCNC(=O)CCCCCCCCCCCCCCCCCCCCCCCCC. The van der Waals surface area contributed by atoms with Gasteiger partial charge in [0.15, 0.2) is 0 Å². The second-order valence-corrected chi connectivity index (χ2v) is 17.2. The lowest BCUT2D eigenvalue weighted by Crippen LogP contribution is -2.27. The Morgan fingerprint density at radius 1 is 0.545 bits per heavy atom. The van der Waals surface area contributed by atoms with E-state index in [1.165, 1.54) is 141 Å². The molecule has 9 nitrogen and oxygen atoms in total. The van der Waals surface area contributed by atoms with Gasteiger partial charge in [0.1, 0.15) is 12.7 Å². The molecular weight excluding hydrogens is 713 g/mol. The maximum absolute atomic E-state index is 12.1. The van der Waals surface area contributed by atoms with Crippen LogP contribution in [0.3, 0.4) is 0 Å². The maximum atomic E-state index is 12.1. The lowest BCUT2D eigenvalue weighted by molar-refractivity contribution is -0.147. The van der Waals surface area contributed by atoms with Crippen molar-refractivity contribution in [1.29, 1.82) is 0 Å². The number of unbranched alkanes of at least 4 members (excludes halogenated alkanes) is 29. The van der Waals surface area contributed by atoms with Gasteiger partial charge < -0.3 is 20.1 Å². The van der Waals surface area contributed by atoms with Gasteiger partial charge in [0.05, 0.1) is 13.2 Å². The number of ether oxygens (including phenoxy) is 1. The van der Waals surface area contributed by atoms with Crippen LogP contribution >= 0.6 is 7.82 Å². The van der Waals surface area contributed by atoms with Crippen molar-refractivity contribution < 1.29 is 37.9 Å². The van der Waals surface area contributed by atoms with E-state index in [-0.39, 0.29) is 32.1 Å². The number of carbonyl (C=O) groups excluding carboxylic acids is 2. The predicted octanol–water partition coefficient (Wildman–Crippen LogP) is 13.0. The minimum absolute atomic E-state index is 0.0857. The fourth-order valence-corrected chi connectivity index (χ4v) is 7.41. The second-order valence-electron chi connectivity index (χ2n) is 15.7. The Bertz CT molecular complexity index is 917. The van der Waals surface area contributed by atoms with Crippen molar-refractivity contribution in [2.24, 2.45) is 0 Å². The maximum Gasteiger partial charge on any atom is 0.472 e. The fourth-order valence-electron chi connectivity index (χ4n) is 6.66. The Kier molecular flexibility index (Phi) is 41.4. The van der Waals surface area contributed by atoms with Crippen molar-refractivity contribution in [3.8, 4) is 0 Å². The number of hydrogen-bond acceptors (Lipinski definition) is 7. The summed E-state index contributed by atoms with van der Waals surface area (Å²) in [6.45, 7) is 3.54. The molecule has 0 aliphatic rings. The van der Waals surface area contributed by atoms with E-state index in [4.69, 9.17) is 13.8 Å². The van der Waals surface area contributed by atoms with Gasteiger partial charge in [-0.3, -0.25) is 18.6 Å². The van der Waals surface area contributed by atoms with Crippen LogP contribution in [0.15, 0.2) is 12.2 Å². The topological polar surface area (TPSA) is 131 Å². The standard InChI is InChI=1S/C45H88NO8P/c1-3-5-7-9-11-13-15-16-17-18-19-20-21-22-23-24-25-26-28-29-31-33-35-37-44(48)46-39-40-53-55(50,51)54-42-43(47)41-52-45(49)38-36-34-32-30-27-14-12-10-8-6-4-2/h10,12,43,47H,3-9,11,13-42H2,1-2H3,(H,46,48)(H,50,51)/b12-10-. The number of phosphoric ester groups is 1. The molecule has 0 aliphatic heterocycles. The Morgan fingerprint density at radius 3 is 1.42 bits per heavy atom. The van der Waals surface area contributed by atoms with Crippen LogP contribution in [-0.2, 0) is 27.9 Å². The van der Waals surface area contributed by atoms with Crippen LogP contribution in [0, 0.1) is 0 Å². The Morgan fingerprint density at radius 2 is 0.945 bits per heavy atom. The first-order valence-corrected chi connectivity index (χ1v) is 24.7. The van der Waals surface area contributed by atoms with E-state index in [0.717, 1.165) is 64.2 Å². The number of hydrogen-bond donors (Lipinski definition) is 3. The monoisotopic (exact) mass is 802 g/mol. The molecule has 0 bridgehead atoms. The smallest absolute Gasteiger partial charge is 0.463 e. The van der Waals surface area contributed by atoms with Gasteiger partial charge in [-0.05, 0) is 32.1 Å². The highest BCUT2D eigenvalue weighted by atomic mass is 31.2. The van der Waals surface area contributed by atoms with Gasteiger partial charge in [0, 0.05) is 19.4 Å². The number of allylic oxidation sites excluding steroid dienone is 2. The molecule has 2 unspecified atom stereocenters. The van der Waals surface area contributed by atoms with Crippen molar-refractivity contribution in [3.63, 3.8) is 0 Å². The van der Waals surface area contributed by atoms with E-state index in [2.05, 4.69) is 31.3 Å². The third-order valence-electron chi connectivity index (χ3n) is 10.2. The van der Waals surface area contributed by atoms with E-state index in [0.29, 0.717) is 6.42 Å². The highest BCUT2D eigenvalue weighted by molar-refractivity contribution is 7.47. The number of amides is 1. The van der Waals surface area contributed by atoms with Crippen molar-refractivity contribution >= 4 is 19.7 Å². The van der Waals surface area contributed by atoms with E-state index in [1.54, 1.807) is 0 Å². The van der Waals surface area contributed by atoms with Crippen LogP contribution in [0.1, 0.15) is 232 Å². The van der Waals surface area contributed by atoms with Gasteiger partial charge in [0.25, 0.3) is 0 Å². The molecule has 0 fully saturated rings. The van der Waals surface area contributed by atoms with Crippen LogP contribution in [0.4, 0.5) is 0 Å². The van der Waals surface area contributed by atoms with Crippen molar-refractivity contribution in [2.75, 3.05) is 26.4 Å². The lowest BCUT2D eigenvalue weighted by atomic mass is 10.0. The number of carbonyl (C=O) groups is 2. The molecule has 55 heavy (non-hydrogen) atoms. The second kappa shape index (κ2) is 42.4.